The number of nitrogens with one attached hydrogen (secondary N) is 2. The summed E-state index contributed by atoms with van der Waals surface area (Å²) in [7, 11) is 0. The standard InChI is InChI=1S/C17H21N3O2S2/c1-11(12-4-5-14-13(8-12)9-15(21)19-14)18-16(22)10-24-17(23)20-6-2-3-7-20/h4-5,8,11H,2-3,6-7,9-10H2,1H3,(H,18,22)(H,19,21)/t11-/m1/s1. The number of amides is 2. The first kappa shape index (κ1) is 17.2. The smallest absolute Gasteiger partial charge is 0.230 e. The molecule has 1 aromatic rings. The predicted molar refractivity (Wildman–Crippen MR) is 101 cm³/mol. The van der Waals surface area contributed by atoms with Crippen LogP contribution in [0.15, 0.2) is 18.2 Å². The molecule has 24 heavy (non-hydrogen) atoms. The Morgan fingerprint density at radius 2 is 2.17 bits per heavy atom. The van der Waals surface area contributed by atoms with Crippen molar-refractivity contribution in [2.24, 2.45) is 0 Å². The average Bonchev–Trinajstić information content (AvgIpc) is 3.20. The lowest BCUT2D eigenvalue weighted by molar-refractivity contribution is -0.119. The Kier molecular flexibility index (Phi) is 5.40. The highest BCUT2D eigenvalue weighted by molar-refractivity contribution is 8.23. The van der Waals surface area contributed by atoms with Gasteiger partial charge in [-0.1, -0.05) is 36.1 Å². The van der Waals surface area contributed by atoms with Gasteiger partial charge in [-0.25, -0.2) is 0 Å². The first-order chi connectivity index (χ1) is 11.5. The Morgan fingerprint density at radius 1 is 1.42 bits per heavy atom. The van der Waals surface area contributed by atoms with Crippen molar-refractivity contribution in [2.45, 2.75) is 32.2 Å². The van der Waals surface area contributed by atoms with Crippen LogP contribution in [-0.4, -0.2) is 39.9 Å². The fourth-order valence-electron chi connectivity index (χ4n) is 3.00. The van der Waals surface area contributed by atoms with Gasteiger partial charge in [0.25, 0.3) is 0 Å². The van der Waals surface area contributed by atoms with Gasteiger partial charge < -0.3 is 15.5 Å². The van der Waals surface area contributed by atoms with Gasteiger partial charge in [0.15, 0.2) is 0 Å². The van der Waals surface area contributed by atoms with Gasteiger partial charge >= 0.3 is 0 Å². The van der Waals surface area contributed by atoms with Crippen molar-refractivity contribution in [1.29, 1.82) is 0 Å². The van der Waals surface area contributed by atoms with E-state index in [1.165, 1.54) is 24.6 Å². The average molecular weight is 364 g/mol. The van der Waals surface area contributed by atoms with E-state index < -0.39 is 0 Å². The van der Waals surface area contributed by atoms with Crippen molar-refractivity contribution in [3.05, 3.63) is 29.3 Å². The molecule has 7 heteroatoms. The maximum absolute atomic E-state index is 12.2. The van der Waals surface area contributed by atoms with Crippen LogP contribution >= 0.6 is 24.0 Å². The van der Waals surface area contributed by atoms with Crippen LogP contribution in [0.25, 0.3) is 0 Å². The maximum Gasteiger partial charge on any atom is 0.230 e. The van der Waals surface area contributed by atoms with Gasteiger partial charge in [0.05, 0.1) is 18.2 Å². The molecule has 1 aromatic carbocycles. The van der Waals surface area contributed by atoms with E-state index in [0.29, 0.717) is 12.2 Å². The van der Waals surface area contributed by atoms with Crippen LogP contribution in [0.2, 0.25) is 0 Å². The van der Waals surface area contributed by atoms with Crippen molar-refractivity contribution < 1.29 is 9.59 Å². The minimum Gasteiger partial charge on any atom is -0.358 e. The van der Waals surface area contributed by atoms with Crippen molar-refractivity contribution in [1.82, 2.24) is 10.2 Å². The number of likely N-dealkylation sites (tertiary alicyclic amines) is 1. The van der Waals surface area contributed by atoms with Crippen molar-refractivity contribution in [3.63, 3.8) is 0 Å². The summed E-state index contributed by atoms with van der Waals surface area (Å²) in [6.45, 7) is 3.96. The normalized spacial score (nSPS) is 17.4. The van der Waals surface area contributed by atoms with Crippen LogP contribution < -0.4 is 10.6 Å². The van der Waals surface area contributed by atoms with Gasteiger partial charge in [0, 0.05) is 18.8 Å². The molecule has 1 fully saturated rings. The Bertz CT molecular complexity index is 672. The number of benzene rings is 1. The lowest BCUT2D eigenvalue weighted by Gasteiger charge is -2.18. The quantitative estimate of drug-likeness (QED) is 0.805. The SMILES string of the molecule is C[C@@H](NC(=O)CSC(=S)N1CCCC1)c1ccc2c(c1)CC(=O)N2. The molecule has 2 heterocycles. The van der Waals surface area contributed by atoms with Crippen LogP contribution in [0.4, 0.5) is 5.69 Å². The molecule has 0 radical (unpaired) electrons. The van der Waals surface area contributed by atoms with E-state index in [2.05, 4.69) is 15.5 Å². The van der Waals surface area contributed by atoms with E-state index in [1.807, 2.05) is 25.1 Å². The molecule has 1 atom stereocenters. The molecule has 128 valence electrons. The number of thioether (sulfide) groups is 1. The van der Waals surface area contributed by atoms with Crippen molar-refractivity contribution >= 4 is 45.8 Å². The molecule has 0 bridgehead atoms. The lowest BCUT2D eigenvalue weighted by Crippen LogP contribution is -2.30. The summed E-state index contributed by atoms with van der Waals surface area (Å²) in [5.41, 5.74) is 2.86. The number of rotatable bonds is 4. The monoisotopic (exact) mass is 363 g/mol. The largest absolute Gasteiger partial charge is 0.358 e. The zero-order valence-corrected chi connectivity index (χ0v) is 15.3. The number of carbonyl (C=O) groups excluding carboxylic acids is 2. The van der Waals surface area contributed by atoms with Crippen LogP contribution in [-0.2, 0) is 16.0 Å². The molecule has 2 N–H and O–H groups in total. The van der Waals surface area contributed by atoms with Gasteiger partial charge in [0.1, 0.15) is 4.32 Å². The second kappa shape index (κ2) is 7.53. The molecule has 0 spiro atoms. The van der Waals surface area contributed by atoms with Gasteiger partial charge in [-0.05, 0) is 37.0 Å². The molecule has 0 unspecified atom stereocenters. The zero-order valence-electron chi connectivity index (χ0n) is 13.6. The molecular weight excluding hydrogens is 342 g/mol. The van der Waals surface area contributed by atoms with Crippen LogP contribution in [0.3, 0.4) is 0 Å². The molecule has 2 amide bonds. The summed E-state index contributed by atoms with van der Waals surface area (Å²) >= 11 is 6.80. The minimum atomic E-state index is -0.0977. The number of thiocarbonyl (C=S) groups is 1. The van der Waals surface area contributed by atoms with E-state index >= 15 is 0 Å². The minimum absolute atomic E-state index is 0.0191. The van der Waals surface area contributed by atoms with Gasteiger partial charge in [-0.15, -0.1) is 0 Å². The summed E-state index contributed by atoms with van der Waals surface area (Å²) in [5, 5.41) is 5.82. The number of anilines is 1. The molecule has 5 nitrogen and oxygen atoms in total. The second-order valence-electron chi connectivity index (χ2n) is 6.18. The van der Waals surface area contributed by atoms with Crippen molar-refractivity contribution in [3.8, 4) is 0 Å². The third-order valence-corrected chi connectivity index (χ3v) is 5.85. The van der Waals surface area contributed by atoms with Crippen LogP contribution in [0.5, 0.6) is 0 Å². The fraction of sp³-hybridized carbons (Fsp3) is 0.471. The van der Waals surface area contributed by atoms with E-state index in [0.717, 1.165) is 34.2 Å². The van der Waals surface area contributed by atoms with E-state index in [4.69, 9.17) is 12.2 Å². The molecule has 0 aromatic heterocycles. The third-order valence-electron chi connectivity index (χ3n) is 4.32. The number of carbonyl (C=O) groups is 2. The fourth-order valence-corrected chi connectivity index (χ4v) is 4.07. The van der Waals surface area contributed by atoms with E-state index in [1.54, 1.807) is 0 Å². The maximum atomic E-state index is 12.2. The summed E-state index contributed by atoms with van der Waals surface area (Å²) in [4.78, 5) is 25.7. The van der Waals surface area contributed by atoms with E-state index in [-0.39, 0.29) is 17.9 Å². The number of nitrogens with zero attached hydrogens (tertiary/aromatic N) is 1. The molecule has 1 saturated heterocycles. The van der Waals surface area contributed by atoms with E-state index in [9.17, 15) is 9.59 Å². The van der Waals surface area contributed by atoms with Gasteiger partial charge in [-0.3, -0.25) is 9.59 Å². The first-order valence-electron chi connectivity index (χ1n) is 8.16. The Labute approximate surface area is 151 Å². The molecule has 0 saturated carbocycles. The highest BCUT2D eigenvalue weighted by Crippen LogP contribution is 2.26. The predicted octanol–water partition coefficient (Wildman–Crippen LogP) is 2.47. The van der Waals surface area contributed by atoms with Gasteiger partial charge in [0.2, 0.25) is 11.8 Å². The molecule has 3 rings (SSSR count). The molecule has 2 aliphatic rings. The summed E-state index contributed by atoms with van der Waals surface area (Å²) < 4.78 is 0.817. The number of hydrogen-bond donors (Lipinski definition) is 2. The number of fused-ring (bicyclic) bond motifs is 1. The summed E-state index contributed by atoms with van der Waals surface area (Å²) in [5.74, 6) is 0.333. The topological polar surface area (TPSA) is 61.4 Å². The molecule has 0 aliphatic carbocycles. The highest BCUT2D eigenvalue weighted by atomic mass is 32.2. The van der Waals surface area contributed by atoms with Crippen molar-refractivity contribution in [2.75, 3.05) is 24.2 Å². The second-order valence-corrected chi connectivity index (χ2v) is 7.79. The number of hydrogen-bond acceptors (Lipinski definition) is 4. The molecular formula is C17H21N3O2S2. The summed E-state index contributed by atoms with van der Waals surface area (Å²) in [6, 6.07) is 5.73. The zero-order chi connectivity index (χ0) is 17.1. The highest BCUT2D eigenvalue weighted by Gasteiger charge is 2.20. The lowest BCUT2D eigenvalue weighted by atomic mass is 10.0. The van der Waals surface area contributed by atoms with Crippen LogP contribution in [0.1, 0.15) is 36.9 Å². The first-order valence-corrected chi connectivity index (χ1v) is 9.56. The third kappa shape index (κ3) is 4.08. The molecule has 2 aliphatic heterocycles. The van der Waals surface area contributed by atoms with Gasteiger partial charge in [-0.2, -0.15) is 0 Å². The Morgan fingerprint density at radius 3 is 2.92 bits per heavy atom. The Balaban J connectivity index is 1.50. The summed E-state index contributed by atoms with van der Waals surface area (Å²) in [6.07, 6.45) is 2.77. The Hall–Kier alpha value is -1.60. The van der Waals surface area contributed by atoms with Crippen LogP contribution in [0, 0.1) is 0 Å².